The molecule has 21 heavy (non-hydrogen) atoms. The zero-order valence-electron chi connectivity index (χ0n) is 12.5. The molecule has 1 aliphatic rings. The predicted molar refractivity (Wildman–Crippen MR) is 83.2 cm³/mol. The van der Waals surface area contributed by atoms with Crippen molar-refractivity contribution in [1.82, 2.24) is 10.6 Å². The van der Waals surface area contributed by atoms with Gasteiger partial charge < -0.3 is 21.3 Å². The number of benzene rings is 1. The molecule has 1 fully saturated rings. The number of piperidine rings is 1. The Balaban J connectivity index is 2.07. The van der Waals surface area contributed by atoms with Crippen molar-refractivity contribution in [2.45, 2.75) is 12.8 Å². The molecule has 0 saturated carbocycles. The largest absolute Gasteiger partial charge is 0.397 e. The molecule has 1 aromatic rings. The highest BCUT2D eigenvalue weighted by Gasteiger charge is 2.25. The molecule has 1 aromatic carbocycles. The molecule has 114 valence electrons. The van der Waals surface area contributed by atoms with Crippen LogP contribution in [0.4, 0.5) is 11.4 Å². The zero-order chi connectivity index (χ0) is 15.4. The lowest BCUT2D eigenvalue weighted by molar-refractivity contribution is -0.125. The number of hydrogen-bond donors (Lipinski definition) is 3. The van der Waals surface area contributed by atoms with E-state index in [9.17, 15) is 9.59 Å². The molecular formula is C15H22N4O2. The Hall–Kier alpha value is -2.24. The van der Waals surface area contributed by atoms with E-state index in [1.54, 1.807) is 26.2 Å². The van der Waals surface area contributed by atoms with Gasteiger partial charge in [-0.15, -0.1) is 0 Å². The second-order valence-corrected chi connectivity index (χ2v) is 5.23. The maximum absolute atomic E-state index is 11.6. The Morgan fingerprint density at radius 1 is 1.19 bits per heavy atom. The van der Waals surface area contributed by atoms with Crippen molar-refractivity contribution in [3.63, 3.8) is 0 Å². The van der Waals surface area contributed by atoms with Crippen molar-refractivity contribution in [3.8, 4) is 0 Å². The van der Waals surface area contributed by atoms with Gasteiger partial charge in [-0.25, -0.2) is 0 Å². The van der Waals surface area contributed by atoms with Crippen molar-refractivity contribution in [1.29, 1.82) is 0 Å². The molecule has 0 unspecified atom stereocenters. The molecule has 4 N–H and O–H groups in total. The molecule has 0 aromatic heterocycles. The number of hydrogen-bond acceptors (Lipinski definition) is 4. The molecule has 0 atom stereocenters. The Kier molecular flexibility index (Phi) is 4.67. The van der Waals surface area contributed by atoms with Gasteiger partial charge in [-0.2, -0.15) is 0 Å². The van der Waals surface area contributed by atoms with Crippen LogP contribution in [0.1, 0.15) is 23.2 Å². The third-order valence-corrected chi connectivity index (χ3v) is 3.97. The Morgan fingerprint density at radius 2 is 1.86 bits per heavy atom. The van der Waals surface area contributed by atoms with Crippen molar-refractivity contribution < 1.29 is 9.59 Å². The number of nitrogens with two attached hydrogens (primary N) is 1. The van der Waals surface area contributed by atoms with Crippen LogP contribution in [0.2, 0.25) is 0 Å². The van der Waals surface area contributed by atoms with Crippen LogP contribution in [0.15, 0.2) is 18.2 Å². The first-order valence-electron chi connectivity index (χ1n) is 7.15. The van der Waals surface area contributed by atoms with Gasteiger partial charge in [-0.1, -0.05) is 0 Å². The van der Waals surface area contributed by atoms with Crippen LogP contribution in [0.5, 0.6) is 0 Å². The Bertz CT molecular complexity index is 536. The molecule has 1 heterocycles. The standard InChI is InChI=1S/C15H22N4O2/c1-17-14(20)10-5-7-19(8-6-10)13-4-3-11(9-12(13)16)15(21)18-2/h3-4,9-10H,5-8,16H2,1-2H3,(H,17,20)(H,18,21). The molecular weight excluding hydrogens is 268 g/mol. The summed E-state index contributed by atoms with van der Waals surface area (Å²) in [5.41, 5.74) is 8.14. The van der Waals surface area contributed by atoms with Crippen LogP contribution < -0.4 is 21.3 Å². The van der Waals surface area contributed by atoms with E-state index in [0.29, 0.717) is 11.3 Å². The molecule has 2 amide bonds. The van der Waals surface area contributed by atoms with Crippen LogP contribution in [0.25, 0.3) is 0 Å². The lowest BCUT2D eigenvalue weighted by atomic mass is 9.95. The van der Waals surface area contributed by atoms with E-state index < -0.39 is 0 Å². The second-order valence-electron chi connectivity index (χ2n) is 5.23. The SMILES string of the molecule is CNC(=O)c1ccc(N2CCC(C(=O)NC)CC2)c(N)c1. The minimum absolute atomic E-state index is 0.0811. The Morgan fingerprint density at radius 3 is 2.38 bits per heavy atom. The van der Waals surface area contributed by atoms with Crippen molar-refractivity contribution in [3.05, 3.63) is 23.8 Å². The summed E-state index contributed by atoms with van der Waals surface area (Å²) in [6.07, 6.45) is 1.63. The quantitative estimate of drug-likeness (QED) is 0.711. The fraction of sp³-hybridized carbons (Fsp3) is 0.467. The first-order valence-corrected chi connectivity index (χ1v) is 7.15. The summed E-state index contributed by atoms with van der Waals surface area (Å²) in [6, 6.07) is 5.34. The normalized spacial score (nSPS) is 15.6. The maximum Gasteiger partial charge on any atom is 0.251 e. The van der Waals surface area contributed by atoms with Gasteiger partial charge in [-0.05, 0) is 31.0 Å². The van der Waals surface area contributed by atoms with Gasteiger partial charge in [0, 0.05) is 38.7 Å². The third kappa shape index (κ3) is 3.26. The van der Waals surface area contributed by atoms with Crippen LogP contribution in [0, 0.1) is 5.92 Å². The fourth-order valence-electron chi connectivity index (χ4n) is 2.71. The third-order valence-electron chi connectivity index (χ3n) is 3.97. The van der Waals surface area contributed by atoms with E-state index in [1.807, 2.05) is 6.07 Å². The van der Waals surface area contributed by atoms with Crippen LogP contribution in [-0.2, 0) is 4.79 Å². The molecule has 6 heteroatoms. The first-order chi connectivity index (χ1) is 10.1. The van der Waals surface area contributed by atoms with Crippen molar-refractivity contribution in [2.24, 2.45) is 5.92 Å². The van der Waals surface area contributed by atoms with Gasteiger partial charge >= 0.3 is 0 Å². The van der Waals surface area contributed by atoms with E-state index in [1.165, 1.54) is 0 Å². The van der Waals surface area contributed by atoms with E-state index in [-0.39, 0.29) is 17.7 Å². The van der Waals surface area contributed by atoms with Gasteiger partial charge in [0.2, 0.25) is 5.91 Å². The van der Waals surface area contributed by atoms with Gasteiger partial charge in [0.15, 0.2) is 0 Å². The van der Waals surface area contributed by atoms with Crippen LogP contribution >= 0.6 is 0 Å². The maximum atomic E-state index is 11.6. The number of anilines is 2. The smallest absolute Gasteiger partial charge is 0.251 e. The van der Waals surface area contributed by atoms with Crippen molar-refractivity contribution in [2.75, 3.05) is 37.8 Å². The van der Waals surface area contributed by atoms with E-state index in [0.717, 1.165) is 31.6 Å². The summed E-state index contributed by atoms with van der Waals surface area (Å²) in [7, 11) is 3.26. The lowest BCUT2D eigenvalue weighted by Gasteiger charge is -2.33. The highest BCUT2D eigenvalue weighted by Crippen LogP contribution is 2.29. The van der Waals surface area contributed by atoms with Gasteiger partial charge in [0.25, 0.3) is 5.91 Å². The topological polar surface area (TPSA) is 87.5 Å². The average molecular weight is 290 g/mol. The Labute approximate surface area is 124 Å². The average Bonchev–Trinajstić information content (AvgIpc) is 2.53. The molecule has 1 saturated heterocycles. The van der Waals surface area contributed by atoms with Gasteiger partial charge in [0.1, 0.15) is 0 Å². The fourth-order valence-corrected chi connectivity index (χ4v) is 2.71. The van der Waals surface area contributed by atoms with Gasteiger partial charge in [-0.3, -0.25) is 9.59 Å². The summed E-state index contributed by atoms with van der Waals surface area (Å²) in [5, 5.41) is 5.28. The predicted octanol–water partition coefficient (Wildman–Crippen LogP) is 0.591. The zero-order valence-corrected chi connectivity index (χ0v) is 12.5. The highest BCUT2D eigenvalue weighted by atomic mass is 16.2. The molecule has 0 bridgehead atoms. The summed E-state index contributed by atoms with van der Waals surface area (Å²) < 4.78 is 0. The van der Waals surface area contributed by atoms with Crippen LogP contribution in [-0.4, -0.2) is 39.0 Å². The summed E-state index contributed by atoms with van der Waals surface area (Å²) in [5.74, 6) is 0.0433. The molecule has 1 aliphatic heterocycles. The van der Waals surface area contributed by atoms with Crippen molar-refractivity contribution >= 4 is 23.2 Å². The molecule has 0 spiro atoms. The molecule has 2 rings (SSSR count). The number of carbonyl (C=O) groups is 2. The monoisotopic (exact) mass is 290 g/mol. The minimum atomic E-state index is -0.147. The first kappa shape index (κ1) is 15.2. The number of nitrogen functional groups attached to an aromatic ring is 1. The van der Waals surface area contributed by atoms with Crippen LogP contribution in [0.3, 0.4) is 0 Å². The van der Waals surface area contributed by atoms with E-state index >= 15 is 0 Å². The molecule has 0 aliphatic carbocycles. The molecule has 0 radical (unpaired) electrons. The second kappa shape index (κ2) is 6.47. The number of nitrogens with zero attached hydrogens (tertiary/aromatic N) is 1. The number of carbonyl (C=O) groups excluding carboxylic acids is 2. The summed E-state index contributed by atoms with van der Waals surface area (Å²) >= 11 is 0. The number of amides is 2. The molecule has 6 nitrogen and oxygen atoms in total. The summed E-state index contributed by atoms with van der Waals surface area (Å²) in [6.45, 7) is 1.59. The number of nitrogens with one attached hydrogen (secondary N) is 2. The minimum Gasteiger partial charge on any atom is -0.397 e. The van der Waals surface area contributed by atoms with E-state index in [2.05, 4.69) is 15.5 Å². The van der Waals surface area contributed by atoms with E-state index in [4.69, 9.17) is 5.73 Å². The summed E-state index contributed by atoms with van der Waals surface area (Å²) in [4.78, 5) is 25.4. The number of rotatable bonds is 3. The highest BCUT2D eigenvalue weighted by molar-refractivity contribution is 5.96. The van der Waals surface area contributed by atoms with Gasteiger partial charge in [0.05, 0.1) is 11.4 Å². The lowest BCUT2D eigenvalue weighted by Crippen LogP contribution is -2.39.